The SMILES string of the molecule is CS(=O)(=O)CCC(NC(=O)OCC1c2ccccc2-c2ccccc21)C(=O)NCC1CC1C(=O)O. The number of rotatable bonds is 10. The first kappa shape index (κ1) is 24.7. The van der Waals surface area contributed by atoms with Gasteiger partial charge in [-0.15, -0.1) is 0 Å². The lowest BCUT2D eigenvalue weighted by molar-refractivity contribution is -0.139. The summed E-state index contributed by atoms with van der Waals surface area (Å²) >= 11 is 0. The number of aliphatic carboxylic acids is 1. The van der Waals surface area contributed by atoms with Crippen molar-refractivity contribution in [3.8, 4) is 11.1 Å². The number of amides is 2. The molecule has 0 bridgehead atoms. The third-order valence-corrected chi connectivity index (χ3v) is 7.49. The summed E-state index contributed by atoms with van der Waals surface area (Å²) in [5.74, 6) is -2.58. The van der Waals surface area contributed by atoms with Crippen molar-refractivity contribution in [3.05, 3.63) is 59.7 Å². The summed E-state index contributed by atoms with van der Waals surface area (Å²) in [6.45, 7) is 0.209. The lowest BCUT2D eigenvalue weighted by atomic mass is 9.98. The molecule has 3 unspecified atom stereocenters. The van der Waals surface area contributed by atoms with E-state index in [4.69, 9.17) is 9.84 Å². The van der Waals surface area contributed by atoms with E-state index in [-0.39, 0.29) is 37.2 Å². The summed E-state index contributed by atoms with van der Waals surface area (Å²) in [6, 6.07) is 14.7. The number of carboxylic acid groups (broad SMARTS) is 1. The summed E-state index contributed by atoms with van der Waals surface area (Å²) < 4.78 is 28.7. The van der Waals surface area contributed by atoms with E-state index in [1.165, 1.54) is 0 Å². The molecule has 2 amide bonds. The van der Waals surface area contributed by atoms with E-state index in [9.17, 15) is 22.8 Å². The molecule has 9 nitrogen and oxygen atoms in total. The van der Waals surface area contributed by atoms with Gasteiger partial charge in [0.05, 0.1) is 11.7 Å². The summed E-state index contributed by atoms with van der Waals surface area (Å²) in [7, 11) is -3.37. The Labute approximate surface area is 203 Å². The zero-order valence-electron chi connectivity index (χ0n) is 19.3. The van der Waals surface area contributed by atoms with Crippen LogP contribution in [0.4, 0.5) is 4.79 Å². The largest absolute Gasteiger partial charge is 0.481 e. The van der Waals surface area contributed by atoms with E-state index < -0.39 is 39.8 Å². The Hall–Kier alpha value is -3.40. The number of ether oxygens (including phenoxy) is 1. The Balaban J connectivity index is 1.37. The van der Waals surface area contributed by atoms with E-state index in [0.717, 1.165) is 28.5 Å². The Morgan fingerprint density at radius 1 is 1.06 bits per heavy atom. The molecule has 1 fully saturated rings. The number of hydrogen-bond acceptors (Lipinski definition) is 6. The van der Waals surface area contributed by atoms with Crippen LogP contribution in [0.3, 0.4) is 0 Å². The van der Waals surface area contributed by atoms with Gasteiger partial charge in [-0.05, 0) is 41.0 Å². The first-order valence-corrected chi connectivity index (χ1v) is 13.5. The maximum atomic E-state index is 12.7. The van der Waals surface area contributed by atoms with E-state index in [2.05, 4.69) is 10.6 Å². The minimum Gasteiger partial charge on any atom is -0.481 e. The Morgan fingerprint density at radius 2 is 1.66 bits per heavy atom. The van der Waals surface area contributed by atoms with Gasteiger partial charge in [-0.3, -0.25) is 9.59 Å². The molecule has 4 rings (SSSR count). The van der Waals surface area contributed by atoms with Crippen LogP contribution in [0, 0.1) is 11.8 Å². The summed E-state index contributed by atoms with van der Waals surface area (Å²) in [5, 5.41) is 14.1. The molecule has 0 aromatic heterocycles. The molecule has 0 spiro atoms. The molecular weight excluding hydrogens is 472 g/mol. The van der Waals surface area contributed by atoms with E-state index in [0.29, 0.717) is 6.42 Å². The number of carboxylic acids is 1. The highest BCUT2D eigenvalue weighted by molar-refractivity contribution is 7.90. The Kier molecular flexibility index (Phi) is 7.11. The van der Waals surface area contributed by atoms with Gasteiger partial charge < -0.3 is 20.5 Å². The molecule has 0 heterocycles. The minimum atomic E-state index is -3.37. The molecular formula is C25H28N2O7S. The summed E-state index contributed by atoms with van der Waals surface area (Å²) in [5.41, 5.74) is 4.26. The lowest BCUT2D eigenvalue weighted by Crippen LogP contribution is -2.48. The quantitative estimate of drug-likeness (QED) is 0.454. The van der Waals surface area contributed by atoms with Crippen molar-refractivity contribution >= 4 is 27.8 Å². The Bertz CT molecular complexity index is 1200. The average molecular weight is 501 g/mol. The van der Waals surface area contributed by atoms with Crippen LogP contribution >= 0.6 is 0 Å². The highest BCUT2D eigenvalue weighted by atomic mass is 32.2. The monoisotopic (exact) mass is 500 g/mol. The van der Waals surface area contributed by atoms with Crippen LogP contribution in [0.25, 0.3) is 11.1 Å². The normalized spacial score (nSPS) is 19.2. The summed E-state index contributed by atoms with van der Waals surface area (Å²) in [4.78, 5) is 36.3. The van der Waals surface area contributed by atoms with Crippen LogP contribution in [-0.4, -0.2) is 62.7 Å². The van der Waals surface area contributed by atoms with Crippen LogP contribution < -0.4 is 10.6 Å². The van der Waals surface area contributed by atoms with Crippen molar-refractivity contribution in [2.45, 2.75) is 24.8 Å². The van der Waals surface area contributed by atoms with Crippen LogP contribution in [0.2, 0.25) is 0 Å². The molecule has 2 aliphatic rings. The van der Waals surface area contributed by atoms with E-state index in [1.807, 2.05) is 48.5 Å². The van der Waals surface area contributed by atoms with Crippen LogP contribution in [0.5, 0.6) is 0 Å². The van der Waals surface area contributed by atoms with Gasteiger partial charge in [0.1, 0.15) is 22.5 Å². The molecule has 0 aliphatic heterocycles. The third-order valence-electron chi connectivity index (χ3n) is 6.51. The highest BCUT2D eigenvalue weighted by Crippen LogP contribution is 2.44. The predicted octanol–water partition coefficient (Wildman–Crippen LogP) is 2.17. The molecule has 10 heteroatoms. The van der Waals surface area contributed by atoms with Crippen molar-refractivity contribution < 1.29 is 32.6 Å². The second-order valence-electron chi connectivity index (χ2n) is 9.13. The van der Waals surface area contributed by atoms with E-state index in [1.54, 1.807) is 0 Å². The summed E-state index contributed by atoms with van der Waals surface area (Å²) in [6.07, 6.45) is 0.581. The number of nitrogens with one attached hydrogen (secondary N) is 2. The third kappa shape index (κ3) is 6.00. The fraction of sp³-hybridized carbons (Fsp3) is 0.400. The molecule has 2 aliphatic carbocycles. The van der Waals surface area contributed by atoms with Gasteiger partial charge in [0.25, 0.3) is 0 Å². The molecule has 1 saturated carbocycles. The number of alkyl carbamates (subject to hydrolysis) is 1. The van der Waals surface area contributed by atoms with Gasteiger partial charge in [-0.1, -0.05) is 48.5 Å². The molecule has 2 aromatic rings. The number of hydrogen-bond donors (Lipinski definition) is 3. The zero-order valence-corrected chi connectivity index (χ0v) is 20.1. The van der Waals surface area contributed by atoms with Crippen molar-refractivity contribution in [2.24, 2.45) is 11.8 Å². The molecule has 3 atom stereocenters. The van der Waals surface area contributed by atoms with Crippen LogP contribution in [0.1, 0.15) is 29.9 Å². The van der Waals surface area contributed by atoms with Crippen molar-refractivity contribution in [1.82, 2.24) is 10.6 Å². The number of carbonyl (C=O) groups is 3. The second kappa shape index (κ2) is 10.1. The molecule has 35 heavy (non-hydrogen) atoms. The predicted molar refractivity (Wildman–Crippen MR) is 129 cm³/mol. The number of benzene rings is 2. The molecule has 0 radical (unpaired) electrons. The molecule has 3 N–H and O–H groups in total. The smallest absolute Gasteiger partial charge is 0.407 e. The fourth-order valence-corrected chi connectivity index (χ4v) is 5.18. The number of carbonyl (C=O) groups excluding carboxylic acids is 2. The molecule has 186 valence electrons. The first-order chi connectivity index (χ1) is 16.6. The van der Waals surface area contributed by atoms with Crippen LogP contribution in [0.15, 0.2) is 48.5 Å². The zero-order chi connectivity index (χ0) is 25.2. The maximum Gasteiger partial charge on any atom is 0.407 e. The van der Waals surface area contributed by atoms with Crippen molar-refractivity contribution in [1.29, 1.82) is 0 Å². The van der Waals surface area contributed by atoms with Crippen molar-refractivity contribution in [2.75, 3.05) is 25.2 Å². The van der Waals surface area contributed by atoms with Gasteiger partial charge in [0.15, 0.2) is 0 Å². The number of fused-ring (bicyclic) bond motifs is 3. The minimum absolute atomic E-state index is 0.0582. The van der Waals surface area contributed by atoms with Gasteiger partial charge >= 0.3 is 12.1 Å². The van der Waals surface area contributed by atoms with Gasteiger partial charge in [0, 0.05) is 18.7 Å². The maximum absolute atomic E-state index is 12.7. The lowest BCUT2D eigenvalue weighted by Gasteiger charge is -2.19. The van der Waals surface area contributed by atoms with Crippen LogP contribution in [-0.2, 0) is 24.2 Å². The molecule has 2 aromatic carbocycles. The van der Waals surface area contributed by atoms with Gasteiger partial charge in [-0.2, -0.15) is 0 Å². The Morgan fingerprint density at radius 3 is 2.20 bits per heavy atom. The topological polar surface area (TPSA) is 139 Å². The standard InChI is InChI=1S/C25H28N2O7S/c1-35(32,33)11-10-22(23(28)26-13-15-12-20(15)24(29)30)27-25(31)34-14-21-18-8-4-2-6-16(18)17-7-3-5-9-19(17)21/h2-9,15,20-22H,10-14H2,1H3,(H,26,28)(H,27,31)(H,29,30). The van der Waals surface area contributed by atoms with E-state index >= 15 is 0 Å². The van der Waals surface area contributed by atoms with Gasteiger partial charge in [0.2, 0.25) is 5.91 Å². The highest BCUT2D eigenvalue weighted by Gasteiger charge is 2.43. The van der Waals surface area contributed by atoms with Crippen molar-refractivity contribution in [3.63, 3.8) is 0 Å². The second-order valence-corrected chi connectivity index (χ2v) is 11.4. The average Bonchev–Trinajstić information content (AvgIpc) is 3.54. The fourth-order valence-electron chi connectivity index (χ4n) is 4.51. The van der Waals surface area contributed by atoms with Gasteiger partial charge in [-0.25, -0.2) is 13.2 Å². The number of sulfone groups is 1. The first-order valence-electron chi connectivity index (χ1n) is 11.4. The molecule has 0 saturated heterocycles.